The lowest BCUT2D eigenvalue weighted by Crippen LogP contribution is -2.44. The fraction of sp³-hybridized carbons (Fsp3) is 0.333. The van der Waals surface area contributed by atoms with Gasteiger partial charge in [0.25, 0.3) is 0 Å². The summed E-state index contributed by atoms with van der Waals surface area (Å²) in [7, 11) is 0. The van der Waals surface area contributed by atoms with Crippen molar-refractivity contribution in [2.45, 2.75) is 32.7 Å². The molecule has 0 unspecified atom stereocenters. The first-order chi connectivity index (χ1) is 14.1. The van der Waals surface area contributed by atoms with Crippen molar-refractivity contribution in [3.05, 3.63) is 48.3 Å². The summed E-state index contributed by atoms with van der Waals surface area (Å²) < 4.78 is 0. The topological polar surface area (TPSA) is 83.0 Å². The second-order valence-electron chi connectivity index (χ2n) is 7.22. The quantitative estimate of drug-likeness (QED) is 0.669. The molecule has 1 aliphatic heterocycles. The molecule has 0 radical (unpaired) electrons. The number of anilines is 3. The molecule has 7 nitrogen and oxygen atoms in total. The Morgan fingerprint density at radius 1 is 1.17 bits per heavy atom. The maximum atomic E-state index is 11.2. The number of rotatable bonds is 5. The van der Waals surface area contributed by atoms with E-state index in [1.807, 2.05) is 43.5 Å². The molecule has 150 valence electrons. The van der Waals surface area contributed by atoms with E-state index in [1.165, 1.54) is 0 Å². The van der Waals surface area contributed by atoms with Crippen molar-refractivity contribution in [3.8, 4) is 10.6 Å². The molecule has 3 aromatic heterocycles. The van der Waals surface area contributed by atoms with E-state index in [1.54, 1.807) is 24.5 Å². The maximum Gasteiger partial charge on any atom is 0.217 e. The number of carbonyl (C=O) groups is 1. The Morgan fingerprint density at radius 2 is 2.00 bits per heavy atom. The van der Waals surface area contributed by atoms with Gasteiger partial charge >= 0.3 is 0 Å². The third-order valence-electron chi connectivity index (χ3n) is 4.84. The van der Waals surface area contributed by atoms with E-state index in [-0.39, 0.29) is 11.9 Å². The number of nitrogens with zero attached hydrogens (tertiary/aromatic N) is 4. The van der Waals surface area contributed by atoms with Crippen LogP contribution in [0.2, 0.25) is 0 Å². The largest absolute Gasteiger partial charge is 0.353 e. The molecule has 8 heteroatoms. The number of nitrogens with one attached hydrogen (secondary N) is 2. The highest BCUT2D eigenvalue weighted by Crippen LogP contribution is 2.32. The van der Waals surface area contributed by atoms with Crippen LogP contribution >= 0.6 is 11.3 Å². The van der Waals surface area contributed by atoms with Crippen LogP contribution in [0.15, 0.2) is 42.7 Å². The van der Waals surface area contributed by atoms with Crippen molar-refractivity contribution < 1.29 is 4.79 Å². The van der Waals surface area contributed by atoms with E-state index >= 15 is 0 Å². The second kappa shape index (κ2) is 8.57. The Balaban J connectivity index is 1.44. The molecular formula is C21H24N6OS. The SMILES string of the molecule is CC(=O)NC1CCN(c2ncc(-c3cccc(Nc4cc(C)ccn4)n3)s2)CC1. The predicted molar refractivity (Wildman–Crippen MR) is 117 cm³/mol. The first-order valence-electron chi connectivity index (χ1n) is 9.72. The van der Waals surface area contributed by atoms with Gasteiger partial charge in [0.05, 0.1) is 10.6 Å². The number of aromatic nitrogens is 3. The van der Waals surface area contributed by atoms with E-state index in [9.17, 15) is 4.79 Å². The van der Waals surface area contributed by atoms with Crippen molar-refractivity contribution in [1.82, 2.24) is 20.3 Å². The van der Waals surface area contributed by atoms with Crippen LogP contribution in [0.4, 0.5) is 16.8 Å². The highest BCUT2D eigenvalue weighted by molar-refractivity contribution is 7.18. The summed E-state index contributed by atoms with van der Waals surface area (Å²) in [6, 6.07) is 10.1. The van der Waals surface area contributed by atoms with Gasteiger partial charge in [0.15, 0.2) is 5.13 Å². The van der Waals surface area contributed by atoms with Crippen molar-refractivity contribution in [2.75, 3.05) is 23.3 Å². The van der Waals surface area contributed by atoms with Crippen molar-refractivity contribution in [1.29, 1.82) is 0 Å². The molecular weight excluding hydrogens is 384 g/mol. The van der Waals surface area contributed by atoms with Gasteiger partial charge in [0.2, 0.25) is 5.91 Å². The minimum absolute atomic E-state index is 0.0420. The molecule has 1 fully saturated rings. The van der Waals surface area contributed by atoms with Crippen molar-refractivity contribution in [3.63, 3.8) is 0 Å². The molecule has 3 aromatic rings. The second-order valence-corrected chi connectivity index (χ2v) is 8.23. The van der Waals surface area contributed by atoms with Crippen LogP contribution in [0, 0.1) is 6.92 Å². The number of hydrogen-bond acceptors (Lipinski definition) is 7. The Hall–Kier alpha value is -3.00. The van der Waals surface area contributed by atoms with Crippen LogP contribution < -0.4 is 15.5 Å². The Morgan fingerprint density at radius 3 is 2.76 bits per heavy atom. The zero-order chi connectivity index (χ0) is 20.2. The average Bonchev–Trinajstić information content (AvgIpc) is 3.19. The van der Waals surface area contributed by atoms with E-state index in [0.717, 1.165) is 58.8 Å². The lowest BCUT2D eigenvalue weighted by molar-refractivity contribution is -0.119. The first kappa shape index (κ1) is 19.3. The minimum atomic E-state index is 0.0420. The number of pyridine rings is 2. The van der Waals surface area contributed by atoms with Crippen LogP contribution in [0.1, 0.15) is 25.3 Å². The van der Waals surface area contributed by atoms with E-state index < -0.39 is 0 Å². The van der Waals surface area contributed by atoms with Gasteiger partial charge in [0.1, 0.15) is 11.6 Å². The van der Waals surface area contributed by atoms with E-state index in [2.05, 4.69) is 25.5 Å². The molecule has 1 amide bonds. The summed E-state index contributed by atoms with van der Waals surface area (Å²) in [5.74, 6) is 1.58. The van der Waals surface area contributed by atoms with Crippen LogP contribution in [-0.2, 0) is 4.79 Å². The Kier molecular flexibility index (Phi) is 5.71. The van der Waals surface area contributed by atoms with E-state index in [0.29, 0.717) is 0 Å². The normalized spacial score (nSPS) is 14.6. The summed E-state index contributed by atoms with van der Waals surface area (Å²) in [6.07, 6.45) is 5.55. The number of amides is 1. The molecule has 0 aromatic carbocycles. The molecule has 0 bridgehead atoms. The predicted octanol–water partition coefficient (Wildman–Crippen LogP) is 3.76. The number of aryl methyl sites for hydroxylation is 1. The fourth-order valence-corrected chi connectivity index (χ4v) is 4.35. The standard InChI is InChI=1S/C21H24N6OS/c1-14-6-9-22-20(12-14)26-19-5-3-4-17(25-19)18-13-23-21(29-18)27-10-7-16(8-11-27)24-15(2)28/h3-6,9,12-13,16H,7-8,10-11H2,1-2H3,(H,24,28)(H,22,25,26). The smallest absolute Gasteiger partial charge is 0.217 e. The van der Waals surface area contributed by atoms with Gasteiger partial charge in [-0.15, -0.1) is 0 Å². The summed E-state index contributed by atoms with van der Waals surface area (Å²) in [4.78, 5) is 28.2. The highest BCUT2D eigenvalue weighted by atomic mass is 32.1. The van der Waals surface area contributed by atoms with Gasteiger partial charge in [-0.05, 0) is 49.6 Å². The summed E-state index contributed by atoms with van der Waals surface area (Å²) in [5.41, 5.74) is 2.03. The summed E-state index contributed by atoms with van der Waals surface area (Å²) >= 11 is 1.65. The molecule has 0 atom stereocenters. The Bertz CT molecular complexity index is 996. The molecule has 0 aliphatic carbocycles. The number of carbonyl (C=O) groups excluding carboxylic acids is 1. The lowest BCUT2D eigenvalue weighted by Gasteiger charge is -2.31. The third-order valence-corrected chi connectivity index (χ3v) is 5.92. The summed E-state index contributed by atoms with van der Waals surface area (Å²) in [5, 5.41) is 7.27. The third kappa shape index (κ3) is 4.89. The molecule has 4 rings (SSSR count). The van der Waals surface area contributed by atoms with Gasteiger partial charge in [-0.1, -0.05) is 17.4 Å². The monoisotopic (exact) mass is 408 g/mol. The minimum Gasteiger partial charge on any atom is -0.353 e. The van der Waals surface area contributed by atoms with Crippen LogP contribution in [0.3, 0.4) is 0 Å². The number of piperidine rings is 1. The molecule has 1 saturated heterocycles. The zero-order valence-corrected chi connectivity index (χ0v) is 17.4. The van der Waals surface area contributed by atoms with Gasteiger partial charge in [-0.25, -0.2) is 15.0 Å². The van der Waals surface area contributed by atoms with Gasteiger partial charge in [-0.3, -0.25) is 4.79 Å². The molecule has 1 aliphatic rings. The van der Waals surface area contributed by atoms with Crippen LogP contribution in [-0.4, -0.2) is 40.0 Å². The molecule has 2 N–H and O–H groups in total. The van der Waals surface area contributed by atoms with Gasteiger partial charge in [0, 0.05) is 38.4 Å². The van der Waals surface area contributed by atoms with Crippen LogP contribution in [0.25, 0.3) is 10.6 Å². The summed E-state index contributed by atoms with van der Waals surface area (Å²) in [6.45, 7) is 5.40. The number of hydrogen-bond donors (Lipinski definition) is 2. The Labute approximate surface area is 174 Å². The first-order valence-corrected chi connectivity index (χ1v) is 10.5. The van der Waals surface area contributed by atoms with Crippen molar-refractivity contribution >= 4 is 34.0 Å². The molecule has 4 heterocycles. The fourth-order valence-electron chi connectivity index (χ4n) is 3.41. The molecule has 29 heavy (non-hydrogen) atoms. The molecule has 0 spiro atoms. The maximum absolute atomic E-state index is 11.2. The lowest BCUT2D eigenvalue weighted by atomic mass is 10.1. The van der Waals surface area contributed by atoms with Crippen LogP contribution in [0.5, 0.6) is 0 Å². The van der Waals surface area contributed by atoms with E-state index in [4.69, 9.17) is 4.98 Å². The highest BCUT2D eigenvalue weighted by Gasteiger charge is 2.22. The molecule has 0 saturated carbocycles. The zero-order valence-electron chi connectivity index (χ0n) is 16.6. The van der Waals surface area contributed by atoms with Gasteiger partial charge in [-0.2, -0.15) is 0 Å². The average molecular weight is 409 g/mol. The number of thiazole rings is 1. The van der Waals surface area contributed by atoms with Gasteiger partial charge < -0.3 is 15.5 Å². The van der Waals surface area contributed by atoms with Crippen molar-refractivity contribution in [2.24, 2.45) is 0 Å².